The molecule has 1 atom stereocenters. The molecule has 0 aliphatic heterocycles. The van der Waals surface area contributed by atoms with Crippen molar-refractivity contribution < 1.29 is 9.90 Å². The molecule has 0 radical (unpaired) electrons. The molecule has 0 aliphatic rings. The second kappa shape index (κ2) is 6.45. The largest absolute Gasteiger partial charge is 0.480 e. The third kappa shape index (κ3) is 3.63. The van der Waals surface area contributed by atoms with Crippen molar-refractivity contribution in [3.63, 3.8) is 0 Å². The minimum absolute atomic E-state index is 0.00788. The first-order valence-electron chi connectivity index (χ1n) is 6.80. The first-order chi connectivity index (χ1) is 9.99. The highest BCUT2D eigenvalue weighted by Gasteiger charge is 2.21. The molecule has 0 spiro atoms. The zero-order valence-corrected chi connectivity index (χ0v) is 12.3. The smallest absolute Gasteiger partial charge is 0.317 e. The van der Waals surface area contributed by atoms with Crippen LogP contribution in [0.5, 0.6) is 0 Å². The average molecular weight is 289 g/mol. The molecule has 0 saturated carbocycles. The molecule has 2 aromatic rings. The van der Waals surface area contributed by atoms with E-state index < -0.39 is 5.97 Å². The number of aromatic nitrogens is 4. The zero-order valence-electron chi connectivity index (χ0n) is 12.3. The van der Waals surface area contributed by atoms with E-state index in [-0.39, 0.29) is 18.6 Å². The van der Waals surface area contributed by atoms with Crippen LogP contribution in [0.1, 0.15) is 32.4 Å². The average Bonchev–Trinajstić information content (AvgIpc) is 2.98. The van der Waals surface area contributed by atoms with E-state index in [2.05, 4.69) is 15.5 Å². The van der Waals surface area contributed by atoms with Crippen LogP contribution in [0.4, 0.5) is 0 Å². The maximum absolute atomic E-state index is 11.0. The Morgan fingerprint density at radius 3 is 2.71 bits per heavy atom. The highest BCUT2D eigenvalue weighted by Crippen LogP contribution is 2.23. The van der Waals surface area contributed by atoms with Crippen molar-refractivity contribution in [1.29, 1.82) is 0 Å². The van der Waals surface area contributed by atoms with E-state index in [1.807, 2.05) is 49.9 Å². The summed E-state index contributed by atoms with van der Waals surface area (Å²) in [5.41, 5.74) is 1.88. The number of hydrogen-bond donors (Lipinski definition) is 1. The molecule has 1 aromatic heterocycles. The maximum atomic E-state index is 11.0. The van der Waals surface area contributed by atoms with Crippen LogP contribution in [0.25, 0.3) is 5.69 Å². The van der Waals surface area contributed by atoms with Crippen molar-refractivity contribution in [3.05, 3.63) is 36.2 Å². The van der Waals surface area contributed by atoms with Crippen LogP contribution in [-0.4, -0.2) is 48.8 Å². The summed E-state index contributed by atoms with van der Waals surface area (Å²) in [4.78, 5) is 13.0. The molecule has 112 valence electrons. The van der Waals surface area contributed by atoms with Gasteiger partial charge in [0.25, 0.3) is 0 Å². The standard InChI is InChI=1S/C14H19N5O2/c1-10(2)18(8-14(20)21)11(3)12-5-4-6-13(7-12)19-9-15-16-17-19/h4-7,9-11H,8H2,1-3H3,(H,20,21). The van der Waals surface area contributed by atoms with Gasteiger partial charge in [-0.05, 0) is 48.9 Å². The highest BCUT2D eigenvalue weighted by atomic mass is 16.4. The monoisotopic (exact) mass is 289 g/mol. The minimum atomic E-state index is -0.827. The summed E-state index contributed by atoms with van der Waals surface area (Å²) in [7, 11) is 0. The predicted octanol–water partition coefficient (Wildman–Crippen LogP) is 1.52. The van der Waals surface area contributed by atoms with Crippen molar-refractivity contribution >= 4 is 5.97 Å². The number of aliphatic carboxylic acids is 1. The number of benzene rings is 1. The molecule has 0 bridgehead atoms. The number of tetrazole rings is 1. The van der Waals surface area contributed by atoms with E-state index in [9.17, 15) is 4.79 Å². The second-order valence-electron chi connectivity index (χ2n) is 5.19. The van der Waals surface area contributed by atoms with Crippen LogP contribution in [0.3, 0.4) is 0 Å². The first kappa shape index (κ1) is 15.1. The SMILES string of the molecule is CC(C)N(CC(=O)O)C(C)c1cccc(-n2cnnn2)c1. The van der Waals surface area contributed by atoms with Gasteiger partial charge in [-0.3, -0.25) is 9.69 Å². The fourth-order valence-corrected chi connectivity index (χ4v) is 2.32. The molecular formula is C14H19N5O2. The van der Waals surface area contributed by atoms with E-state index >= 15 is 0 Å². The molecule has 1 heterocycles. The summed E-state index contributed by atoms with van der Waals surface area (Å²) < 4.78 is 1.58. The van der Waals surface area contributed by atoms with Crippen molar-refractivity contribution in [1.82, 2.24) is 25.1 Å². The Kier molecular flexibility index (Phi) is 4.64. The third-order valence-electron chi connectivity index (χ3n) is 3.44. The van der Waals surface area contributed by atoms with Gasteiger partial charge in [-0.25, -0.2) is 4.68 Å². The fourth-order valence-electron chi connectivity index (χ4n) is 2.32. The van der Waals surface area contributed by atoms with Gasteiger partial charge in [0.2, 0.25) is 0 Å². The summed E-state index contributed by atoms with van der Waals surface area (Å²) in [5, 5.41) is 20.2. The van der Waals surface area contributed by atoms with Crippen molar-refractivity contribution in [2.75, 3.05) is 6.54 Å². The lowest BCUT2D eigenvalue weighted by molar-refractivity contribution is -0.139. The van der Waals surface area contributed by atoms with Gasteiger partial charge in [0, 0.05) is 12.1 Å². The summed E-state index contributed by atoms with van der Waals surface area (Å²) >= 11 is 0. The van der Waals surface area contributed by atoms with Gasteiger partial charge in [0.05, 0.1) is 12.2 Å². The van der Waals surface area contributed by atoms with Gasteiger partial charge in [0.15, 0.2) is 0 Å². The second-order valence-corrected chi connectivity index (χ2v) is 5.19. The summed E-state index contributed by atoms with van der Waals surface area (Å²) in [6.07, 6.45) is 1.53. The molecule has 1 unspecified atom stereocenters. The number of hydrogen-bond acceptors (Lipinski definition) is 5. The Bertz CT molecular complexity index is 597. The van der Waals surface area contributed by atoms with E-state index in [1.165, 1.54) is 6.33 Å². The lowest BCUT2D eigenvalue weighted by Gasteiger charge is -2.31. The van der Waals surface area contributed by atoms with E-state index in [1.54, 1.807) is 4.68 Å². The van der Waals surface area contributed by atoms with Crippen LogP contribution < -0.4 is 0 Å². The third-order valence-corrected chi connectivity index (χ3v) is 3.44. The van der Waals surface area contributed by atoms with Crippen LogP contribution >= 0.6 is 0 Å². The normalized spacial score (nSPS) is 12.8. The Morgan fingerprint density at radius 2 is 2.14 bits per heavy atom. The van der Waals surface area contributed by atoms with E-state index in [0.717, 1.165) is 11.3 Å². The number of rotatable bonds is 6. The summed E-state index contributed by atoms with van der Waals surface area (Å²) in [5.74, 6) is -0.827. The number of carboxylic acid groups (broad SMARTS) is 1. The summed E-state index contributed by atoms with van der Waals surface area (Å²) in [6.45, 7) is 5.99. The zero-order chi connectivity index (χ0) is 15.4. The van der Waals surface area contributed by atoms with Gasteiger partial charge in [-0.15, -0.1) is 5.10 Å². The van der Waals surface area contributed by atoms with Gasteiger partial charge in [-0.1, -0.05) is 12.1 Å². The molecule has 0 aliphatic carbocycles. The Morgan fingerprint density at radius 1 is 1.38 bits per heavy atom. The highest BCUT2D eigenvalue weighted by molar-refractivity contribution is 5.69. The van der Waals surface area contributed by atoms with Crippen molar-refractivity contribution in [3.8, 4) is 5.69 Å². The van der Waals surface area contributed by atoms with Crippen LogP contribution in [0.15, 0.2) is 30.6 Å². The maximum Gasteiger partial charge on any atom is 0.317 e. The molecule has 0 amide bonds. The lowest BCUT2D eigenvalue weighted by Crippen LogP contribution is -2.37. The molecule has 1 N–H and O–H groups in total. The van der Waals surface area contributed by atoms with Crippen molar-refractivity contribution in [2.45, 2.75) is 32.9 Å². The quantitative estimate of drug-likeness (QED) is 0.868. The fraction of sp³-hybridized carbons (Fsp3) is 0.429. The van der Waals surface area contributed by atoms with Crippen LogP contribution in [0, 0.1) is 0 Å². The van der Waals surface area contributed by atoms with Crippen LogP contribution in [0.2, 0.25) is 0 Å². The molecule has 0 fully saturated rings. The molecular weight excluding hydrogens is 270 g/mol. The predicted molar refractivity (Wildman–Crippen MR) is 77.0 cm³/mol. The topological polar surface area (TPSA) is 84.1 Å². The first-order valence-corrected chi connectivity index (χ1v) is 6.80. The van der Waals surface area contributed by atoms with Gasteiger partial charge >= 0.3 is 5.97 Å². The minimum Gasteiger partial charge on any atom is -0.480 e. The molecule has 7 nitrogen and oxygen atoms in total. The van der Waals surface area contributed by atoms with E-state index in [0.29, 0.717) is 0 Å². The van der Waals surface area contributed by atoms with E-state index in [4.69, 9.17) is 5.11 Å². The van der Waals surface area contributed by atoms with Crippen LogP contribution in [-0.2, 0) is 4.79 Å². The van der Waals surface area contributed by atoms with Gasteiger partial charge in [0.1, 0.15) is 6.33 Å². The number of carboxylic acids is 1. The van der Waals surface area contributed by atoms with Crippen molar-refractivity contribution in [2.24, 2.45) is 0 Å². The molecule has 0 saturated heterocycles. The lowest BCUT2D eigenvalue weighted by atomic mass is 10.0. The molecule has 21 heavy (non-hydrogen) atoms. The Balaban J connectivity index is 2.27. The molecule has 1 aromatic carbocycles. The molecule has 7 heteroatoms. The Hall–Kier alpha value is -2.28. The number of nitrogens with zero attached hydrogens (tertiary/aromatic N) is 5. The molecule has 2 rings (SSSR count). The summed E-state index contributed by atoms with van der Waals surface area (Å²) in [6, 6.07) is 7.89. The number of carbonyl (C=O) groups is 1. The Labute approximate surface area is 123 Å². The van der Waals surface area contributed by atoms with Gasteiger partial charge in [-0.2, -0.15) is 0 Å². The van der Waals surface area contributed by atoms with Gasteiger partial charge < -0.3 is 5.11 Å².